The molecule has 200 valence electrons. The van der Waals surface area contributed by atoms with E-state index in [-0.39, 0.29) is 19.1 Å². The molecule has 2 unspecified atom stereocenters. The van der Waals surface area contributed by atoms with E-state index in [0.29, 0.717) is 28.0 Å². The van der Waals surface area contributed by atoms with Gasteiger partial charge in [-0.2, -0.15) is 0 Å². The largest absolute Gasteiger partial charge is 0.489 e. The Hall–Kier alpha value is -3.55. The van der Waals surface area contributed by atoms with Crippen LogP contribution in [-0.2, 0) is 11.3 Å². The van der Waals surface area contributed by atoms with Crippen molar-refractivity contribution >= 4 is 29.3 Å². The first-order valence-corrected chi connectivity index (χ1v) is 13.3. The maximum Gasteiger partial charge on any atom is 0.407 e. The van der Waals surface area contributed by atoms with Crippen molar-refractivity contribution in [1.29, 1.82) is 0 Å². The van der Waals surface area contributed by atoms with Crippen molar-refractivity contribution in [2.75, 3.05) is 13.2 Å². The first-order valence-electron chi connectivity index (χ1n) is 12.5. The Balaban J connectivity index is 1.10. The highest BCUT2D eigenvalue weighted by Gasteiger charge is 2.29. The number of benzene rings is 4. The zero-order valence-corrected chi connectivity index (χ0v) is 22.4. The highest BCUT2D eigenvalue weighted by Crippen LogP contribution is 2.44. The molecule has 0 spiro atoms. The average Bonchev–Trinajstić information content (AvgIpc) is 3.29. The van der Waals surface area contributed by atoms with E-state index >= 15 is 0 Å². The van der Waals surface area contributed by atoms with E-state index in [9.17, 15) is 15.0 Å². The molecule has 2 atom stereocenters. The Bertz CT molecular complexity index is 1410. The van der Waals surface area contributed by atoms with E-state index in [2.05, 4.69) is 17.4 Å². The molecule has 1 aliphatic carbocycles. The van der Waals surface area contributed by atoms with Crippen molar-refractivity contribution in [2.45, 2.75) is 24.7 Å². The summed E-state index contributed by atoms with van der Waals surface area (Å²) in [5.41, 5.74) is 5.87. The van der Waals surface area contributed by atoms with E-state index < -0.39 is 18.3 Å². The molecular weight excluding hydrogens is 537 g/mol. The second kappa shape index (κ2) is 12.1. The molecule has 8 heteroatoms. The fourth-order valence-corrected chi connectivity index (χ4v) is 5.05. The Labute approximate surface area is 236 Å². The number of aliphatic hydroxyl groups excluding tert-OH is 2. The number of rotatable bonds is 9. The van der Waals surface area contributed by atoms with Crippen LogP contribution in [0.4, 0.5) is 4.79 Å². The predicted molar refractivity (Wildman–Crippen MR) is 151 cm³/mol. The van der Waals surface area contributed by atoms with Crippen molar-refractivity contribution in [1.82, 2.24) is 5.32 Å². The smallest absolute Gasteiger partial charge is 0.407 e. The van der Waals surface area contributed by atoms with Crippen LogP contribution in [0, 0.1) is 0 Å². The number of alkyl carbamates (subject to hydrolysis) is 1. The van der Waals surface area contributed by atoms with Gasteiger partial charge in [-0.25, -0.2) is 4.79 Å². The summed E-state index contributed by atoms with van der Waals surface area (Å²) in [5.74, 6) is 0.527. The summed E-state index contributed by atoms with van der Waals surface area (Å²) in [6, 6.07) is 28.2. The lowest BCUT2D eigenvalue weighted by molar-refractivity contribution is 0.0185. The Morgan fingerprint density at radius 3 is 2.13 bits per heavy atom. The van der Waals surface area contributed by atoms with Gasteiger partial charge in [0.05, 0.1) is 10.0 Å². The monoisotopic (exact) mass is 563 g/mol. The minimum Gasteiger partial charge on any atom is -0.489 e. The minimum atomic E-state index is -1.23. The van der Waals surface area contributed by atoms with Crippen LogP contribution >= 0.6 is 23.2 Å². The SMILES string of the molecule is O=C(NCC(O)C(O)c1ccc(OCc2ccc(Cl)c(Cl)c2)cc1)OCC1c2ccccc2-c2ccccc21. The summed E-state index contributed by atoms with van der Waals surface area (Å²) in [7, 11) is 0. The van der Waals surface area contributed by atoms with E-state index in [1.165, 1.54) is 0 Å². The molecule has 0 heterocycles. The number of ether oxygens (including phenoxy) is 2. The van der Waals surface area contributed by atoms with Gasteiger partial charge in [-0.05, 0) is 57.6 Å². The third-order valence-electron chi connectivity index (χ3n) is 6.77. The number of aliphatic hydroxyl groups is 2. The number of carbonyl (C=O) groups is 1. The molecule has 3 N–H and O–H groups in total. The number of carbonyl (C=O) groups excluding carboxylic acids is 1. The van der Waals surface area contributed by atoms with Gasteiger partial charge in [-0.1, -0.05) is 89.9 Å². The molecule has 0 aliphatic heterocycles. The molecule has 6 nitrogen and oxygen atoms in total. The molecule has 0 radical (unpaired) electrons. The lowest BCUT2D eigenvalue weighted by atomic mass is 9.98. The number of hydrogen-bond acceptors (Lipinski definition) is 5. The van der Waals surface area contributed by atoms with Crippen LogP contribution in [0.2, 0.25) is 10.0 Å². The van der Waals surface area contributed by atoms with E-state index in [0.717, 1.165) is 27.8 Å². The van der Waals surface area contributed by atoms with Crippen LogP contribution in [-0.4, -0.2) is 35.6 Å². The van der Waals surface area contributed by atoms with Crippen molar-refractivity contribution in [3.05, 3.63) is 123 Å². The van der Waals surface area contributed by atoms with Crippen molar-refractivity contribution in [3.63, 3.8) is 0 Å². The lowest BCUT2D eigenvalue weighted by Crippen LogP contribution is -2.36. The lowest BCUT2D eigenvalue weighted by Gasteiger charge is -2.19. The first kappa shape index (κ1) is 27.0. The topological polar surface area (TPSA) is 88.0 Å². The highest BCUT2D eigenvalue weighted by molar-refractivity contribution is 6.42. The van der Waals surface area contributed by atoms with E-state index in [1.807, 2.05) is 42.5 Å². The van der Waals surface area contributed by atoms with Crippen LogP contribution in [0.5, 0.6) is 5.75 Å². The molecule has 39 heavy (non-hydrogen) atoms. The summed E-state index contributed by atoms with van der Waals surface area (Å²) in [6.45, 7) is 0.293. The van der Waals surface area contributed by atoms with Crippen LogP contribution in [0.1, 0.15) is 34.3 Å². The standard InChI is InChI=1S/C31H27Cl2NO5/c32-27-14-9-19(15-28(27)33)17-38-21-12-10-20(11-13-21)30(36)29(35)16-34-31(37)39-18-26-24-7-3-1-5-22(24)23-6-2-4-8-25(23)26/h1-15,26,29-30,35-36H,16-18H2,(H,34,37). The molecule has 5 rings (SSSR count). The third kappa shape index (κ3) is 6.21. The Morgan fingerprint density at radius 1 is 0.846 bits per heavy atom. The Morgan fingerprint density at radius 2 is 1.49 bits per heavy atom. The van der Waals surface area contributed by atoms with Crippen molar-refractivity contribution in [2.24, 2.45) is 0 Å². The van der Waals surface area contributed by atoms with Gasteiger partial charge in [0.2, 0.25) is 0 Å². The molecule has 1 aliphatic rings. The van der Waals surface area contributed by atoms with Gasteiger partial charge in [0, 0.05) is 12.5 Å². The maximum atomic E-state index is 12.4. The minimum absolute atomic E-state index is 0.0592. The summed E-state index contributed by atoms with van der Waals surface area (Å²) in [4.78, 5) is 12.4. The number of nitrogens with one attached hydrogen (secondary N) is 1. The second-order valence-electron chi connectivity index (χ2n) is 9.32. The molecule has 4 aromatic rings. The summed E-state index contributed by atoms with van der Waals surface area (Å²) in [5, 5.41) is 24.5. The molecule has 0 fully saturated rings. The summed E-state index contributed by atoms with van der Waals surface area (Å²) >= 11 is 12.0. The van der Waals surface area contributed by atoms with Crippen molar-refractivity contribution < 1.29 is 24.5 Å². The number of halogens is 2. The van der Waals surface area contributed by atoms with Gasteiger partial charge in [0.25, 0.3) is 0 Å². The third-order valence-corrected chi connectivity index (χ3v) is 7.51. The fourth-order valence-electron chi connectivity index (χ4n) is 4.73. The van der Waals surface area contributed by atoms with Gasteiger partial charge in [0.15, 0.2) is 0 Å². The van der Waals surface area contributed by atoms with Crippen LogP contribution < -0.4 is 10.1 Å². The van der Waals surface area contributed by atoms with Gasteiger partial charge in [-0.15, -0.1) is 0 Å². The molecule has 4 aromatic carbocycles. The number of amides is 1. The highest BCUT2D eigenvalue weighted by atomic mass is 35.5. The molecule has 0 saturated carbocycles. The molecule has 0 bridgehead atoms. The van der Waals surface area contributed by atoms with E-state index in [4.69, 9.17) is 32.7 Å². The fraction of sp³-hybridized carbons (Fsp3) is 0.194. The normalized spacial score (nSPS) is 13.7. The summed E-state index contributed by atoms with van der Waals surface area (Å²) in [6.07, 6.45) is -3.09. The quantitative estimate of drug-likeness (QED) is 0.216. The second-order valence-corrected chi connectivity index (χ2v) is 10.1. The van der Waals surface area contributed by atoms with Gasteiger partial charge in [0.1, 0.15) is 31.2 Å². The Kier molecular flexibility index (Phi) is 8.38. The molecule has 0 aromatic heterocycles. The van der Waals surface area contributed by atoms with E-state index in [1.54, 1.807) is 36.4 Å². The number of hydrogen-bond donors (Lipinski definition) is 3. The maximum absolute atomic E-state index is 12.4. The van der Waals surface area contributed by atoms with Crippen LogP contribution in [0.25, 0.3) is 11.1 Å². The zero-order valence-electron chi connectivity index (χ0n) is 20.9. The molecular formula is C31H27Cl2NO5. The molecule has 1 amide bonds. The number of fused-ring (bicyclic) bond motifs is 3. The van der Waals surface area contributed by atoms with Crippen LogP contribution in [0.15, 0.2) is 91.0 Å². The first-order chi connectivity index (χ1) is 18.9. The van der Waals surface area contributed by atoms with Gasteiger partial charge in [-0.3, -0.25) is 0 Å². The van der Waals surface area contributed by atoms with Crippen molar-refractivity contribution in [3.8, 4) is 16.9 Å². The average molecular weight is 564 g/mol. The summed E-state index contributed by atoms with van der Waals surface area (Å²) < 4.78 is 11.2. The van der Waals surface area contributed by atoms with Gasteiger partial charge >= 0.3 is 6.09 Å². The zero-order chi connectivity index (χ0) is 27.4. The van der Waals surface area contributed by atoms with Crippen LogP contribution in [0.3, 0.4) is 0 Å². The molecule has 0 saturated heterocycles. The predicted octanol–water partition coefficient (Wildman–Crippen LogP) is 6.51. The van der Waals surface area contributed by atoms with Gasteiger partial charge < -0.3 is 25.0 Å².